The van der Waals surface area contributed by atoms with Gasteiger partial charge in [-0.15, -0.1) is 0 Å². The van der Waals surface area contributed by atoms with Gasteiger partial charge in [-0.25, -0.2) is 0 Å². The predicted octanol–water partition coefficient (Wildman–Crippen LogP) is 2.00. The van der Waals surface area contributed by atoms with Crippen LogP contribution in [-0.4, -0.2) is 32.4 Å². The highest BCUT2D eigenvalue weighted by Crippen LogP contribution is 2.14. The monoisotopic (exact) mass is 235 g/mol. The minimum absolute atomic E-state index is 0.348. The van der Waals surface area contributed by atoms with Crippen LogP contribution >= 0.6 is 0 Å². The Balaban J connectivity index is 1.77. The fourth-order valence-electron chi connectivity index (χ4n) is 2.23. The summed E-state index contributed by atoms with van der Waals surface area (Å²) < 4.78 is 10.7. The zero-order valence-electron chi connectivity index (χ0n) is 10.6. The van der Waals surface area contributed by atoms with E-state index < -0.39 is 0 Å². The van der Waals surface area contributed by atoms with Crippen molar-refractivity contribution in [2.24, 2.45) is 0 Å². The number of ether oxygens (including phenoxy) is 2. The molecule has 1 aromatic carbocycles. The van der Waals surface area contributed by atoms with Crippen LogP contribution in [0.2, 0.25) is 0 Å². The molecule has 1 aromatic rings. The Bertz CT molecular complexity index is 354. The first-order valence-electron chi connectivity index (χ1n) is 6.27. The van der Waals surface area contributed by atoms with Gasteiger partial charge in [-0.2, -0.15) is 0 Å². The predicted molar refractivity (Wildman–Crippen MR) is 68.5 cm³/mol. The summed E-state index contributed by atoms with van der Waals surface area (Å²) in [4.78, 5) is 0. The Kier molecular flexibility index (Phi) is 4.40. The molecule has 0 amide bonds. The quantitative estimate of drug-likeness (QED) is 0.847. The maximum absolute atomic E-state index is 5.52. The molecule has 2 atom stereocenters. The highest BCUT2D eigenvalue weighted by molar-refractivity contribution is 5.28. The first kappa shape index (κ1) is 12.4. The van der Waals surface area contributed by atoms with Crippen LogP contribution in [0, 0.1) is 0 Å². The van der Waals surface area contributed by atoms with Crippen molar-refractivity contribution in [3.05, 3.63) is 29.8 Å². The van der Waals surface area contributed by atoms with Gasteiger partial charge in [-0.3, -0.25) is 0 Å². The topological polar surface area (TPSA) is 30.5 Å². The van der Waals surface area contributed by atoms with Crippen molar-refractivity contribution in [2.45, 2.75) is 31.9 Å². The van der Waals surface area contributed by atoms with Gasteiger partial charge < -0.3 is 14.8 Å². The lowest BCUT2D eigenvalue weighted by Gasteiger charge is -2.15. The van der Waals surface area contributed by atoms with Gasteiger partial charge >= 0.3 is 0 Å². The normalized spacial score (nSPS) is 23.9. The second-order valence-corrected chi connectivity index (χ2v) is 4.53. The average Bonchev–Trinajstić information content (AvgIpc) is 2.76. The number of hydrogen-bond acceptors (Lipinski definition) is 3. The average molecular weight is 235 g/mol. The Morgan fingerprint density at radius 1 is 1.47 bits per heavy atom. The molecule has 3 nitrogen and oxygen atoms in total. The van der Waals surface area contributed by atoms with Gasteiger partial charge in [0, 0.05) is 12.6 Å². The van der Waals surface area contributed by atoms with Crippen LogP contribution in [0.4, 0.5) is 0 Å². The maximum Gasteiger partial charge on any atom is 0.119 e. The molecule has 0 spiro atoms. The summed E-state index contributed by atoms with van der Waals surface area (Å²) in [5.41, 5.74) is 1.31. The van der Waals surface area contributed by atoms with E-state index in [4.69, 9.17) is 9.47 Å². The summed E-state index contributed by atoms with van der Waals surface area (Å²) in [6.45, 7) is 4.01. The highest BCUT2D eigenvalue weighted by atomic mass is 16.5. The third-order valence-electron chi connectivity index (χ3n) is 3.33. The molecule has 1 N–H and O–H groups in total. The number of methoxy groups -OCH3 is 1. The number of nitrogens with one attached hydrogen (secondary N) is 1. The van der Waals surface area contributed by atoms with Crippen LogP contribution in [0.1, 0.15) is 18.9 Å². The smallest absolute Gasteiger partial charge is 0.119 e. The summed E-state index contributed by atoms with van der Waals surface area (Å²) in [6.07, 6.45) is 2.50. The highest BCUT2D eigenvalue weighted by Gasteiger charge is 2.22. The molecule has 2 unspecified atom stereocenters. The Labute approximate surface area is 103 Å². The lowest BCUT2D eigenvalue weighted by atomic mass is 10.1. The van der Waals surface area contributed by atoms with Crippen molar-refractivity contribution in [2.75, 3.05) is 20.3 Å². The van der Waals surface area contributed by atoms with E-state index in [0.717, 1.165) is 31.7 Å². The van der Waals surface area contributed by atoms with Crippen LogP contribution in [-0.2, 0) is 11.2 Å². The molecule has 0 aliphatic carbocycles. The molecular weight excluding hydrogens is 214 g/mol. The lowest BCUT2D eigenvalue weighted by molar-refractivity contribution is 0.113. The van der Waals surface area contributed by atoms with Crippen molar-refractivity contribution in [1.29, 1.82) is 0 Å². The summed E-state index contributed by atoms with van der Waals surface area (Å²) in [7, 11) is 1.70. The molecular formula is C14H21NO2. The van der Waals surface area contributed by atoms with E-state index in [1.165, 1.54) is 5.56 Å². The van der Waals surface area contributed by atoms with E-state index in [-0.39, 0.29) is 0 Å². The zero-order valence-corrected chi connectivity index (χ0v) is 10.6. The summed E-state index contributed by atoms with van der Waals surface area (Å²) in [6, 6.07) is 8.76. The van der Waals surface area contributed by atoms with Gasteiger partial charge in [0.1, 0.15) is 5.75 Å². The molecule has 1 saturated heterocycles. The molecule has 1 heterocycles. The Morgan fingerprint density at radius 2 is 2.35 bits per heavy atom. The van der Waals surface area contributed by atoms with E-state index in [2.05, 4.69) is 24.4 Å². The van der Waals surface area contributed by atoms with E-state index in [1.54, 1.807) is 7.11 Å². The van der Waals surface area contributed by atoms with Crippen molar-refractivity contribution in [3.63, 3.8) is 0 Å². The first-order chi connectivity index (χ1) is 8.29. The van der Waals surface area contributed by atoms with Crippen molar-refractivity contribution in [3.8, 4) is 5.75 Å². The number of rotatable bonds is 5. The molecule has 3 heteroatoms. The second-order valence-electron chi connectivity index (χ2n) is 4.53. The maximum atomic E-state index is 5.52. The van der Waals surface area contributed by atoms with Gasteiger partial charge in [-0.05, 0) is 44.0 Å². The molecule has 94 valence electrons. The van der Waals surface area contributed by atoms with Crippen molar-refractivity contribution in [1.82, 2.24) is 5.32 Å². The van der Waals surface area contributed by atoms with E-state index in [0.29, 0.717) is 12.1 Å². The summed E-state index contributed by atoms with van der Waals surface area (Å²) in [5.74, 6) is 0.931. The van der Waals surface area contributed by atoms with Crippen LogP contribution in [0.15, 0.2) is 24.3 Å². The molecule has 0 aromatic heterocycles. The standard InChI is InChI=1S/C14H21NO2/c1-11-14(7-9-17-11)15-8-6-12-4-3-5-13(10-12)16-2/h3-5,10-11,14-15H,6-9H2,1-2H3. The zero-order chi connectivity index (χ0) is 12.1. The molecule has 1 fully saturated rings. The Morgan fingerprint density at radius 3 is 3.06 bits per heavy atom. The summed E-state index contributed by atoms with van der Waals surface area (Å²) >= 11 is 0. The fourth-order valence-corrected chi connectivity index (χ4v) is 2.23. The van der Waals surface area contributed by atoms with Crippen LogP contribution in [0.25, 0.3) is 0 Å². The van der Waals surface area contributed by atoms with Gasteiger partial charge in [0.05, 0.1) is 13.2 Å². The van der Waals surface area contributed by atoms with E-state index in [9.17, 15) is 0 Å². The second kappa shape index (κ2) is 6.03. The Hall–Kier alpha value is -1.06. The van der Waals surface area contributed by atoms with E-state index in [1.807, 2.05) is 12.1 Å². The van der Waals surface area contributed by atoms with Crippen molar-refractivity contribution >= 4 is 0 Å². The number of benzene rings is 1. The molecule has 0 radical (unpaired) electrons. The van der Waals surface area contributed by atoms with Gasteiger partial charge in [0.15, 0.2) is 0 Å². The van der Waals surface area contributed by atoms with Gasteiger partial charge in [0.25, 0.3) is 0 Å². The number of hydrogen-bond donors (Lipinski definition) is 1. The van der Waals surface area contributed by atoms with Crippen molar-refractivity contribution < 1.29 is 9.47 Å². The molecule has 0 saturated carbocycles. The van der Waals surface area contributed by atoms with Crippen LogP contribution in [0.5, 0.6) is 5.75 Å². The third-order valence-corrected chi connectivity index (χ3v) is 3.33. The van der Waals surface area contributed by atoms with Crippen LogP contribution < -0.4 is 10.1 Å². The minimum Gasteiger partial charge on any atom is -0.497 e. The molecule has 2 rings (SSSR count). The van der Waals surface area contributed by atoms with Gasteiger partial charge in [-0.1, -0.05) is 12.1 Å². The fraction of sp³-hybridized carbons (Fsp3) is 0.571. The minimum atomic E-state index is 0.348. The first-order valence-corrected chi connectivity index (χ1v) is 6.27. The lowest BCUT2D eigenvalue weighted by Crippen LogP contribution is -2.35. The van der Waals surface area contributed by atoms with E-state index >= 15 is 0 Å². The molecule has 17 heavy (non-hydrogen) atoms. The van der Waals surface area contributed by atoms with Crippen LogP contribution in [0.3, 0.4) is 0 Å². The molecule has 0 bridgehead atoms. The van der Waals surface area contributed by atoms with Gasteiger partial charge in [0.2, 0.25) is 0 Å². The SMILES string of the molecule is COc1cccc(CCNC2CCOC2C)c1. The third kappa shape index (κ3) is 3.45. The largest absolute Gasteiger partial charge is 0.497 e. The summed E-state index contributed by atoms with van der Waals surface area (Å²) in [5, 5.41) is 3.55. The molecule has 1 aliphatic rings. The molecule has 1 aliphatic heterocycles.